The number of H-pyrrole nitrogens is 1. The molecule has 2 N–H and O–H groups in total. The van der Waals surface area contributed by atoms with Gasteiger partial charge in [-0.2, -0.15) is 5.21 Å². The number of carboxylic acid groups (broad SMARTS) is 1. The normalized spacial score (nSPS) is 11.4. The molecule has 0 bridgehead atoms. The lowest BCUT2D eigenvalue weighted by molar-refractivity contribution is 0.0699. The van der Waals surface area contributed by atoms with E-state index in [-0.39, 0.29) is 11.6 Å². The second-order valence-electron chi connectivity index (χ2n) is 5.27. The van der Waals surface area contributed by atoms with Gasteiger partial charge in [-0.15, -0.1) is 10.2 Å². The van der Waals surface area contributed by atoms with Crippen LogP contribution in [0.25, 0.3) is 22.3 Å². The number of carbonyl (C=O) groups is 1. The maximum Gasteiger partial charge on any atom is 0.336 e. The summed E-state index contributed by atoms with van der Waals surface area (Å²) in [6.07, 6.45) is 1.97. The van der Waals surface area contributed by atoms with Crippen LogP contribution >= 0.6 is 0 Å². The van der Waals surface area contributed by atoms with Crippen LogP contribution in [0.1, 0.15) is 35.8 Å². The molecule has 0 spiro atoms. The van der Waals surface area contributed by atoms with Gasteiger partial charge in [0.25, 0.3) is 0 Å². The molecular weight excluding hydrogens is 270 g/mol. The third kappa shape index (κ3) is 2.06. The fourth-order valence-corrected chi connectivity index (χ4v) is 2.60. The Hall–Kier alpha value is -2.70. The Morgan fingerprint density at radius 1 is 1.38 bits per heavy atom. The molecule has 0 aliphatic heterocycles. The van der Waals surface area contributed by atoms with Gasteiger partial charge in [-0.05, 0) is 43.7 Å². The molecule has 2 aromatic heterocycles. The molecule has 7 nitrogen and oxygen atoms in total. The van der Waals surface area contributed by atoms with E-state index >= 15 is 0 Å². The number of hydrogen-bond donors (Lipinski definition) is 2. The van der Waals surface area contributed by atoms with Gasteiger partial charge >= 0.3 is 5.97 Å². The van der Waals surface area contributed by atoms with Gasteiger partial charge in [0.1, 0.15) is 0 Å². The molecule has 0 amide bonds. The summed E-state index contributed by atoms with van der Waals surface area (Å²) in [6.45, 7) is 6.03. The van der Waals surface area contributed by atoms with E-state index in [1.54, 1.807) is 6.07 Å². The Labute approximate surface area is 120 Å². The Morgan fingerprint density at radius 2 is 2.14 bits per heavy atom. The SMILES string of the molecule is Cc1cn(C(C)C)c2cc(-c3nn[nH]n3)cc(C(=O)O)c12. The van der Waals surface area contributed by atoms with Gasteiger partial charge in [0.05, 0.1) is 11.1 Å². The highest BCUT2D eigenvalue weighted by Gasteiger charge is 2.19. The third-order valence-corrected chi connectivity index (χ3v) is 3.51. The molecule has 0 aliphatic carbocycles. The van der Waals surface area contributed by atoms with Crippen LogP contribution in [0.2, 0.25) is 0 Å². The van der Waals surface area contributed by atoms with Gasteiger partial charge in [-0.3, -0.25) is 0 Å². The van der Waals surface area contributed by atoms with Gasteiger partial charge in [-0.1, -0.05) is 0 Å². The molecule has 0 radical (unpaired) electrons. The first-order valence-corrected chi connectivity index (χ1v) is 6.61. The van der Waals surface area contributed by atoms with Crippen LogP contribution in [0, 0.1) is 6.92 Å². The van der Waals surface area contributed by atoms with Crippen LogP contribution < -0.4 is 0 Å². The van der Waals surface area contributed by atoms with Crippen LogP contribution in [0.3, 0.4) is 0 Å². The lowest BCUT2D eigenvalue weighted by Gasteiger charge is -2.10. The maximum atomic E-state index is 11.6. The summed E-state index contributed by atoms with van der Waals surface area (Å²) in [5, 5.41) is 24.0. The predicted octanol–water partition coefficient (Wildman–Crippen LogP) is 2.41. The number of aromatic amines is 1. The van der Waals surface area contributed by atoms with Crippen molar-refractivity contribution >= 4 is 16.9 Å². The predicted molar refractivity (Wildman–Crippen MR) is 77.2 cm³/mol. The molecule has 7 heteroatoms. The van der Waals surface area contributed by atoms with Gasteiger partial charge in [-0.25, -0.2) is 4.79 Å². The Bertz CT molecular complexity index is 818. The summed E-state index contributed by atoms with van der Waals surface area (Å²) in [7, 11) is 0. The van der Waals surface area contributed by atoms with E-state index in [1.165, 1.54) is 0 Å². The summed E-state index contributed by atoms with van der Waals surface area (Å²) in [5.41, 5.74) is 2.69. The molecule has 3 rings (SSSR count). The monoisotopic (exact) mass is 285 g/mol. The Balaban J connectivity index is 2.39. The zero-order chi connectivity index (χ0) is 15.1. The van der Waals surface area contributed by atoms with Crippen molar-refractivity contribution in [3.05, 3.63) is 29.5 Å². The van der Waals surface area contributed by atoms with Crippen molar-refractivity contribution in [2.24, 2.45) is 0 Å². The molecule has 0 aliphatic rings. The van der Waals surface area contributed by atoms with E-state index in [0.717, 1.165) is 16.5 Å². The van der Waals surface area contributed by atoms with Crippen LogP contribution in [0.15, 0.2) is 18.3 Å². The molecule has 0 atom stereocenters. The van der Waals surface area contributed by atoms with E-state index < -0.39 is 5.97 Å². The van der Waals surface area contributed by atoms with Gasteiger partial charge in [0, 0.05) is 23.2 Å². The number of fused-ring (bicyclic) bond motifs is 1. The quantitative estimate of drug-likeness (QED) is 0.770. The number of tetrazole rings is 1. The fraction of sp³-hybridized carbons (Fsp3) is 0.286. The number of nitrogens with one attached hydrogen (secondary N) is 1. The van der Waals surface area contributed by atoms with Gasteiger partial charge in [0.2, 0.25) is 5.82 Å². The second-order valence-corrected chi connectivity index (χ2v) is 5.27. The molecule has 1 aromatic carbocycles. The van der Waals surface area contributed by atoms with Crippen molar-refractivity contribution in [3.63, 3.8) is 0 Å². The molecule has 108 valence electrons. The second kappa shape index (κ2) is 4.69. The van der Waals surface area contributed by atoms with Crippen LogP contribution in [0.4, 0.5) is 0 Å². The van der Waals surface area contributed by atoms with Gasteiger partial charge < -0.3 is 9.67 Å². The van der Waals surface area contributed by atoms with Crippen molar-refractivity contribution in [2.75, 3.05) is 0 Å². The molecule has 2 heterocycles. The highest BCUT2D eigenvalue weighted by atomic mass is 16.4. The third-order valence-electron chi connectivity index (χ3n) is 3.51. The molecule has 0 saturated carbocycles. The van der Waals surface area contributed by atoms with E-state index in [2.05, 4.69) is 39.0 Å². The van der Waals surface area contributed by atoms with Crippen LogP contribution in [-0.4, -0.2) is 36.3 Å². The van der Waals surface area contributed by atoms with E-state index in [0.29, 0.717) is 11.4 Å². The lowest BCUT2D eigenvalue weighted by Crippen LogP contribution is -2.02. The van der Waals surface area contributed by atoms with E-state index in [4.69, 9.17) is 0 Å². The molecule has 0 unspecified atom stereocenters. The first-order valence-electron chi connectivity index (χ1n) is 6.61. The Kier molecular flexibility index (Phi) is 2.97. The number of aromatic nitrogens is 5. The highest BCUT2D eigenvalue weighted by molar-refractivity contribution is 6.06. The van der Waals surface area contributed by atoms with Crippen LogP contribution in [0.5, 0.6) is 0 Å². The largest absolute Gasteiger partial charge is 0.478 e. The molecule has 0 fully saturated rings. The number of nitrogens with zero attached hydrogens (tertiary/aromatic N) is 4. The number of aromatic carboxylic acids is 1. The smallest absolute Gasteiger partial charge is 0.336 e. The van der Waals surface area contributed by atoms with Crippen molar-refractivity contribution in [1.82, 2.24) is 25.2 Å². The van der Waals surface area contributed by atoms with Crippen molar-refractivity contribution < 1.29 is 9.90 Å². The highest BCUT2D eigenvalue weighted by Crippen LogP contribution is 2.31. The topological polar surface area (TPSA) is 96.7 Å². The van der Waals surface area contributed by atoms with Gasteiger partial charge in [0.15, 0.2) is 0 Å². The summed E-state index contributed by atoms with van der Waals surface area (Å²) in [5.74, 6) is -0.580. The number of benzene rings is 1. The fourth-order valence-electron chi connectivity index (χ4n) is 2.60. The summed E-state index contributed by atoms with van der Waals surface area (Å²) in [6, 6.07) is 3.72. The zero-order valence-corrected chi connectivity index (χ0v) is 12.0. The zero-order valence-electron chi connectivity index (χ0n) is 12.0. The molecular formula is C14H15N5O2. The van der Waals surface area contributed by atoms with E-state index in [9.17, 15) is 9.90 Å². The minimum Gasteiger partial charge on any atom is -0.478 e. The Morgan fingerprint density at radius 3 is 2.71 bits per heavy atom. The maximum absolute atomic E-state index is 11.6. The lowest BCUT2D eigenvalue weighted by atomic mass is 10.0. The van der Waals surface area contributed by atoms with Crippen molar-refractivity contribution in [2.45, 2.75) is 26.8 Å². The minimum absolute atomic E-state index is 0.225. The minimum atomic E-state index is -0.963. The molecule has 3 aromatic rings. The summed E-state index contributed by atoms with van der Waals surface area (Å²) in [4.78, 5) is 11.6. The molecule has 0 saturated heterocycles. The first-order chi connectivity index (χ1) is 9.99. The average molecular weight is 285 g/mol. The summed E-state index contributed by atoms with van der Waals surface area (Å²) < 4.78 is 2.06. The number of carboxylic acids is 1. The van der Waals surface area contributed by atoms with E-state index in [1.807, 2.05) is 19.2 Å². The number of hydrogen-bond acceptors (Lipinski definition) is 4. The summed E-state index contributed by atoms with van der Waals surface area (Å²) >= 11 is 0. The number of aryl methyl sites for hydroxylation is 1. The number of rotatable bonds is 3. The van der Waals surface area contributed by atoms with Crippen LogP contribution in [-0.2, 0) is 0 Å². The standard InChI is InChI=1S/C14H15N5O2/c1-7(2)19-6-8(3)12-10(14(20)21)4-9(5-11(12)19)13-15-17-18-16-13/h4-7H,1-3H3,(H,20,21)(H,15,16,17,18). The average Bonchev–Trinajstić information content (AvgIpc) is 3.06. The molecule has 21 heavy (non-hydrogen) atoms. The van der Waals surface area contributed by atoms with Crippen molar-refractivity contribution in [3.8, 4) is 11.4 Å². The first kappa shape index (κ1) is 13.3. The van der Waals surface area contributed by atoms with Crippen molar-refractivity contribution in [1.29, 1.82) is 0 Å².